The average Bonchev–Trinajstić information content (AvgIpc) is 3.47. The number of allylic oxidation sites excluding steroid dienone is 1. The van der Waals surface area contributed by atoms with Crippen molar-refractivity contribution in [3.05, 3.63) is 89.0 Å². The van der Waals surface area contributed by atoms with E-state index in [1.165, 1.54) is 17.8 Å². The summed E-state index contributed by atoms with van der Waals surface area (Å²) in [6, 6.07) is 13.6. The van der Waals surface area contributed by atoms with Gasteiger partial charge in [-0.1, -0.05) is 42.1 Å². The zero-order valence-electron chi connectivity index (χ0n) is 19.0. The summed E-state index contributed by atoms with van der Waals surface area (Å²) in [6.45, 7) is 6.73. The van der Waals surface area contributed by atoms with Gasteiger partial charge in [0.15, 0.2) is 22.5 Å². The van der Waals surface area contributed by atoms with Crippen LogP contribution >= 0.6 is 11.8 Å². The molecule has 0 saturated carbocycles. The van der Waals surface area contributed by atoms with Gasteiger partial charge in [-0.15, -0.1) is 27.0 Å². The summed E-state index contributed by atoms with van der Waals surface area (Å²) in [5, 5.41) is 18.5. The average molecular weight is 492 g/mol. The van der Waals surface area contributed by atoms with Gasteiger partial charge in [0, 0.05) is 13.1 Å². The summed E-state index contributed by atoms with van der Waals surface area (Å²) in [5.41, 5.74) is 0.664. The normalized spacial score (nSPS) is 11.4. The lowest BCUT2D eigenvalue weighted by Crippen LogP contribution is -2.22. The molecule has 3 aromatic heterocycles. The summed E-state index contributed by atoms with van der Waals surface area (Å²) < 4.78 is 24.9. The van der Waals surface area contributed by atoms with E-state index in [2.05, 4.69) is 27.0 Å². The van der Waals surface area contributed by atoms with Gasteiger partial charge >= 0.3 is 0 Å². The molecule has 0 N–H and O–H groups in total. The van der Waals surface area contributed by atoms with Crippen LogP contribution in [0.25, 0.3) is 16.7 Å². The Balaban J connectivity index is 1.44. The van der Waals surface area contributed by atoms with Crippen LogP contribution in [0.3, 0.4) is 0 Å². The monoisotopic (exact) mass is 491 g/mol. The molecule has 0 unspecified atom stereocenters. The third-order valence-electron chi connectivity index (χ3n) is 5.52. The fourth-order valence-electron chi connectivity index (χ4n) is 3.87. The van der Waals surface area contributed by atoms with Crippen molar-refractivity contribution in [3.63, 3.8) is 0 Å². The van der Waals surface area contributed by atoms with Crippen LogP contribution in [0.5, 0.6) is 5.75 Å². The number of aryl methyl sites for hydroxylation is 1. The van der Waals surface area contributed by atoms with Crippen LogP contribution in [-0.2, 0) is 25.4 Å². The minimum Gasteiger partial charge on any atom is -0.483 e. The van der Waals surface area contributed by atoms with E-state index in [-0.39, 0.29) is 17.9 Å². The van der Waals surface area contributed by atoms with Crippen molar-refractivity contribution in [2.24, 2.45) is 0 Å². The molecule has 0 radical (unpaired) electrons. The molecular weight excluding hydrogens is 469 g/mol. The molecule has 2 aromatic carbocycles. The minimum absolute atomic E-state index is 0.0591. The Hall–Kier alpha value is -3.99. The maximum absolute atomic E-state index is 13.9. The maximum Gasteiger partial charge on any atom is 0.262 e. The van der Waals surface area contributed by atoms with E-state index < -0.39 is 5.82 Å². The number of nitrogens with zero attached hydrogens (tertiary/aromatic N) is 7. The van der Waals surface area contributed by atoms with E-state index in [1.807, 2.05) is 40.2 Å². The van der Waals surface area contributed by atoms with Crippen LogP contribution in [0.15, 0.2) is 71.1 Å². The Morgan fingerprint density at radius 2 is 1.80 bits per heavy atom. The third kappa shape index (κ3) is 4.18. The lowest BCUT2D eigenvalue weighted by atomic mass is 10.2. The van der Waals surface area contributed by atoms with Gasteiger partial charge in [-0.2, -0.15) is 0 Å². The van der Waals surface area contributed by atoms with Gasteiger partial charge in [-0.05, 0) is 31.2 Å². The first-order valence-corrected chi connectivity index (χ1v) is 12.0. The van der Waals surface area contributed by atoms with Crippen LogP contribution in [-0.4, -0.2) is 33.9 Å². The van der Waals surface area contributed by atoms with Crippen molar-refractivity contribution in [2.75, 3.05) is 0 Å². The van der Waals surface area contributed by atoms with Gasteiger partial charge in [0.25, 0.3) is 5.56 Å². The number of aromatic nitrogens is 7. The van der Waals surface area contributed by atoms with Crippen LogP contribution in [0.1, 0.15) is 18.6 Å². The highest BCUT2D eigenvalue weighted by Crippen LogP contribution is 2.24. The molecule has 0 spiro atoms. The SMILES string of the molecule is C=CCn1c(COc2ccccc2F)nnc1SCc1nnc2n(CC)c(=O)c3ccccc3n12. The van der Waals surface area contributed by atoms with Crippen molar-refractivity contribution in [3.8, 4) is 5.75 Å². The Bertz CT molecular complexity index is 1590. The van der Waals surface area contributed by atoms with E-state index in [9.17, 15) is 9.18 Å². The fourth-order valence-corrected chi connectivity index (χ4v) is 4.75. The number of hydrogen-bond acceptors (Lipinski definition) is 7. The van der Waals surface area contributed by atoms with Crippen molar-refractivity contribution in [2.45, 2.75) is 37.5 Å². The van der Waals surface area contributed by atoms with Crippen LogP contribution in [0, 0.1) is 5.82 Å². The molecule has 9 nitrogen and oxygen atoms in total. The van der Waals surface area contributed by atoms with E-state index in [0.717, 1.165) is 5.52 Å². The number of para-hydroxylation sites is 2. The number of rotatable bonds is 9. The van der Waals surface area contributed by atoms with Crippen LogP contribution in [0.4, 0.5) is 4.39 Å². The van der Waals surface area contributed by atoms with Crippen LogP contribution in [0.2, 0.25) is 0 Å². The smallest absolute Gasteiger partial charge is 0.262 e. The van der Waals surface area contributed by atoms with Crippen molar-refractivity contribution < 1.29 is 9.13 Å². The molecule has 5 rings (SSSR count). The van der Waals surface area contributed by atoms with Gasteiger partial charge in [-0.25, -0.2) is 4.39 Å². The number of fused-ring (bicyclic) bond motifs is 3. The predicted octanol–water partition coefficient (Wildman–Crippen LogP) is 3.85. The first-order chi connectivity index (χ1) is 17.1. The topological polar surface area (TPSA) is 92.1 Å². The second-order valence-corrected chi connectivity index (χ2v) is 8.57. The van der Waals surface area contributed by atoms with Gasteiger partial charge in [-0.3, -0.25) is 18.3 Å². The molecule has 5 aromatic rings. The maximum atomic E-state index is 13.9. The minimum atomic E-state index is -0.437. The van der Waals surface area contributed by atoms with Crippen molar-refractivity contribution in [1.29, 1.82) is 0 Å². The predicted molar refractivity (Wildman–Crippen MR) is 131 cm³/mol. The summed E-state index contributed by atoms with van der Waals surface area (Å²) >= 11 is 1.43. The second kappa shape index (κ2) is 9.71. The van der Waals surface area contributed by atoms with Gasteiger partial charge in [0.05, 0.1) is 16.7 Å². The molecule has 0 saturated heterocycles. The lowest BCUT2D eigenvalue weighted by molar-refractivity contribution is 0.275. The molecular formula is C24H22FN7O2S. The Morgan fingerprint density at radius 1 is 1.03 bits per heavy atom. The summed E-state index contributed by atoms with van der Waals surface area (Å²) in [4.78, 5) is 12.9. The lowest BCUT2D eigenvalue weighted by Gasteiger charge is -2.10. The largest absolute Gasteiger partial charge is 0.483 e. The van der Waals surface area contributed by atoms with Gasteiger partial charge in [0.1, 0.15) is 12.4 Å². The number of thioether (sulfide) groups is 1. The van der Waals surface area contributed by atoms with Crippen molar-refractivity contribution in [1.82, 2.24) is 33.9 Å². The standard InChI is InChI=1S/C24H22FN7O2S/c1-3-13-31-20(14-34-19-12-8-6-10-17(19)25)26-29-24(31)35-15-21-27-28-23-30(4-2)22(33)16-9-5-7-11-18(16)32(21)23/h3,5-12H,1,4,13-15H2,2H3. The highest BCUT2D eigenvalue weighted by molar-refractivity contribution is 7.98. The summed E-state index contributed by atoms with van der Waals surface area (Å²) in [7, 11) is 0. The van der Waals surface area contributed by atoms with E-state index in [0.29, 0.717) is 46.8 Å². The molecule has 0 fully saturated rings. The Morgan fingerprint density at radius 3 is 2.60 bits per heavy atom. The summed E-state index contributed by atoms with van der Waals surface area (Å²) in [5.74, 6) is 1.88. The van der Waals surface area contributed by atoms with Gasteiger partial charge < -0.3 is 4.74 Å². The molecule has 0 aliphatic carbocycles. The number of ether oxygens (including phenoxy) is 1. The second-order valence-electron chi connectivity index (χ2n) is 7.62. The highest BCUT2D eigenvalue weighted by Gasteiger charge is 2.18. The van der Waals surface area contributed by atoms with Crippen LogP contribution < -0.4 is 10.3 Å². The first kappa shape index (κ1) is 22.8. The molecule has 0 aliphatic rings. The van der Waals surface area contributed by atoms with E-state index >= 15 is 0 Å². The molecule has 0 atom stereocenters. The summed E-state index contributed by atoms with van der Waals surface area (Å²) in [6.07, 6.45) is 1.74. The zero-order chi connectivity index (χ0) is 24.4. The third-order valence-corrected chi connectivity index (χ3v) is 6.48. The number of hydrogen-bond donors (Lipinski definition) is 0. The molecule has 0 bridgehead atoms. The molecule has 11 heteroatoms. The quantitative estimate of drug-likeness (QED) is 0.228. The molecule has 35 heavy (non-hydrogen) atoms. The van der Waals surface area contributed by atoms with E-state index in [1.54, 1.807) is 28.8 Å². The van der Waals surface area contributed by atoms with E-state index in [4.69, 9.17) is 4.74 Å². The molecule has 0 aliphatic heterocycles. The Labute approximate surface area is 203 Å². The Kier molecular flexibility index (Phi) is 6.32. The highest BCUT2D eigenvalue weighted by atomic mass is 32.2. The fraction of sp³-hybridized carbons (Fsp3) is 0.208. The molecule has 3 heterocycles. The number of benzene rings is 2. The number of halogens is 1. The molecule has 0 amide bonds. The van der Waals surface area contributed by atoms with Gasteiger partial charge in [0.2, 0.25) is 5.78 Å². The molecule has 178 valence electrons. The van der Waals surface area contributed by atoms with Crippen molar-refractivity contribution >= 4 is 28.4 Å². The first-order valence-electron chi connectivity index (χ1n) is 11.0. The zero-order valence-corrected chi connectivity index (χ0v) is 19.8.